The zero-order valence-corrected chi connectivity index (χ0v) is 13.4. The van der Waals surface area contributed by atoms with Crippen LogP contribution in [0.3, 0.4) is 0 Å². The van der Waals surface area contributed by atoms with Gasteiger partial charge in [-0.1, -0.05) is 42.5 Å². The van der Waals surface area contributed by atoms with E-state index in [0.717, 1.165) is 13.0 Å². The molecule has 1 nitrogen and oxygen atoms in total. The van der Waals surface area contributed by atoms with Crippen LogP contribution in [0.1, 0.15) is 30.5 Å². The summed E-state index contributed by atoms with van der Waals surface area (Å²) in [6, 6.07) is 19.8. The Labute approximate surface area is 129 Å². The van der Waals surface area contributed by atoms with Crippen LogP contribution in [0.4, 0.5) is 0 Å². The average molecular weight is 365 g/mol. The van der Waals surface area contributed by atoms with Crippen LogP contribution in [0.2, 0.25) is 0 Å². The molecule has 0 aliphatic rings. The van der Waals surface area contributed by atoms with Crippen LogP contribution in [0.15, 0.2) is 54.6 Å². The Morgan fingerprint density at radius 2 is 1.68 bits per heavy atom. The van der Waals surface area contributed by atoms with Crippen molar-refractivity contribution in [3.63, 3.8) is 0 Å². The van der Waals surface area contributed by atoms with Gasteiger partial charge >= 0.3 is 0 Å². The fourth-order valence-corrected chi connectivity index (χ4v) is 2.48. The Hall–Kier alpha value is -0.870. The molecular weight excluding hydrogens is 345 g/mol. The summed E-state index contributed by atoms with van der Waals surface area (Å²) in [6.45, 7) is 3.28. The fraction of sp³-hybridized carbons (Fsp3) is 0.294. The quantitative estimate of drug-likeness (QED) is 0.584. The summed E-state index contributed by atoms with van der Waals surface area (Å²) in [7, 11) is 0. The topological polar surface area (TPSA) is 12.0 Å². The van der Waals surface area contributed by atoms with Gasteiger partial charge in [0, 0.05) is 9.61 Å². The van der Waals surface area contributed by atoms with Gasteiger partial charge in [-0.3, -0.25) is 0 Å². The molecule has 0 aliphatic heterocycles. The van der Waals surface area contributed by atoms with Gasteiger partial charge in [-0.2, -0.15) is 0 Å². The van der Waals surface area contributed by atoms with Crippen molar-refractivity contribution in [2.45, 2.75) is 25.8 Å². The molecule has 0 amide bonds. The van der Waals surface area contributed by atoms with E-state index in [2.05, 4.69) is 89.4 Å². The predicted octanol–water partition coefficient (Wildman–Crippen LogP) is 4.57. The van der Waals surface area contributed by atoms with Gasteiger partial charge in [0.05, 0.1) is 0 Å². The molecule has 0 fully saturated rings. The van der Waals surface area contributed by atoms with Crippen LogP contribution in [0.25, 0.3) is 0 Å². The van der Waals surface area contributed by atoms with E-state index in [1.807, 2.05) is 0 Å². The summed E-state index contributed by atoms with van der Waals surface area (Å²) in [4.78, 5) is 0. The Morgan fingerprint density at radius 3 is 2.37 bits per heavy atom. The van der Waals surface area contributed by atoms with E-state index in [1.54, 1.807) is 0 Å². The molecule has 0 saturated heterocycles. The first-order valence-electron chi connectivity index (χ1n) is 6.78. The van der Waals surface area contributed by atoms with Crippen LogP contribution >= 0.6 is 22.6 Å². The number of benzene rings is 2. The van der Waals surface area contributed by atoms with Crippen molar-refractivity contribution in [3.8, 4) is 0 Å². The van der Waals surface area contributed by atoms with E-state index >= 15 is 0 Å². The Bertz CT molecular complexity index is 478. The largest absolute Gasteiger partial charge is 0.310 e. The molecule has 0 spiro atoms. The van der Waals surface area contributed by atoms with Gasteiger partial charge in [0.1, 0.15) is 0 Å². The first-order chi connectivity index (χ1) is 9.25. The second kappa shape index (κ2) is 7.65. The van der Waals surface area contributed by atoms with E-state index in [4.69, 9.17) is 0 Å². The summed E-state index contributed by atoms with van der Waals surface area (Å²) >= 11 is 2.34. The highest BCUT2D eigenvalue weighted by molar-refractivity contribution is 14.1. The molecule has 2 aromatic rings. The third kappa shape index (κ3) is 4.96. The number of aryl methyl sites for hydroxylation is 1. The molecule has 2 aromatic carbocycles. The molecule has 19 heavy (non-hydrogen) atoms. The molecule has 0 bridgehead atoms. The smallest absolute Gasteiger partial charge is 0.0291 e. The standard InChI is InChI=1S/C17H20IN/c1-14(16-9-11-17(18)12-10-16)19-13-5-8-15-6-3-2-4-7-15/h2-4,6-7,9-12,14,19H,5,8,13H2,1H3. The second-order valence-electron chi connectivity index (χ2n) is 4.82. The van der Waals surface area contributed by atoms with Crippen LogP contribution in [-0.4, -0.2) is 6.54 Å². The lowest BCUT2D eigenvalue weighted by atomic mass is 10.1. The lowest BCUT2D eigenvalue weighted by Crippen LogP contribution is -2.20. The van der Waals surface area contributed by atoms with Crippen LogP contribution in [-0.2, 0) is 6.42 Å². The summed E-state index contributed by atoms with van der Waals surface area (Å²) in [6.07, 6.45) is 2.33. The monoisotopic (exact) mass is 365 g/mol. The SMILES string of the molecule is CC(NCCCc1ccccc1)c1ccc(I)cc1. The van der Waals surface area contributed by atoms with Crippen LogP contribution < -0.4 is 5.32 Å². The van der Waals surface area contributed by atoms with Crippen molar-refractivity contribution in [2.75, 3.05) is 6.54 Å². The summed E-state index contributed by atoms with van der Waals surface area (Å²) in [5.41, 5.74) is 2.78. The van der Waals surface area contributed by atoms with Gasteiger partial charge in [0.2, 0.25) is 0 Å². The van der Waals surface area contributed by atoms with Gasteiger partial charge in [-0.25, -0.2) is 0 Å². The first-order valence-corrected chi connectivity index (χ1v) is 7.86. The summed E-state index contributed by atoms with van der Waals surface area (Å²) < 4.78 is 1.29. The molecule has 1 N–H and O–H groups in total. The normalized spacial score (nSPS) is 12.3. The van der Waals surface area contributed by atoms with Gasteiger partial charge in [0.15, 0.2) is 0 Å². The molecule has 0 heterocycles. The predicted molar refractivity (Wildman–Crippen MR) is 90.3 cm³/mol. The third-order valence-electron chi connectivity index (χ3n) is 3.31. The van der Waals surface area contributed by atoms with Crippen molar-refractivity contribution in [1.29, 1.82) is 0 Å². The van der Waals surface area contributed by atoms with Crippen LogP contribution in [0.5, 0.6) is 0 Å². The van der Waals surface area contributed by atoms with E-state index in [0.29, 0.717) is 6.04 Å². The Morgan fingerprint density at radius 1 is 1.00 bits per heavy atom. The molecule has 100 valence electrons. The number of hydrogen-bond donors (Lipinski definition) is 1. The maximum Gasteiger partial charge on any atom is 0.0291 e. The highest BCUT2D eigenvalue weighted by Gasteiger charge is 2.03. The molecule has 2 heteroatoms. The molecule has 1 unspecified atom stereocenters. The van der Waals surface area contributed by atoms with Gasteiger partial charge in [-0.05, 0) is 72.2 Å². The molecule has 0 saturated carbocycles. The highest BCUT2D eigenvalue weighted by Crippen LogP contribution is 2.14. The van der Waals surface area contributed by atoms with Crippen molar-refractivity contribution in [1.82, 2.24) is 5.32 Å². The van der Waals surface area contributed by atoms with Crippen LogP contribution in [0, 0.1) is 3.57 Å². The zero-order valence-electron chi connectivity index (χ0n) is 11.3. The molecule has 0 aromatic heterocycles. The minimum absolute atomic E-state index is 0.424. The first kappa shape index (κ1) is 14.5. The number of rotatable bonds is 6. The molecular formula is C17H20IN. The van der Waals surface area contributed by atoms with Gasteiger partial charge in [0.25, 0.3) is 0 Å². The lowest BCUT2D eigenvalue weighted by Gasteiger charge is -2.14. The summed E-state index contributed by atoms with van der Waals surface area (Å²) in [5.74, 6) is 0. The van der Waals surface area contributed by atoms with E-state index in [1.165, 1.54) is 21.1 Å². The minimum atomic E-state index is 0.424. The van der Waals surface area contributed by atoms with E-state index in [9.17, 15) is 0 Å². The van der Waals surface area contributed by atoms with Crippen molar-refractivity contribution in [3.05, 3.63) is 69.3 Å². The second-order valence-corrected chi connectivity index (χ2v) is 6.06. The third-order valence-corrected chi connectivity index (χ3v) is 4.02. The number of halogens is 1. The Kier molecular flexibility index (Phi) is 5.86. The molecule has 0 aliphatic carbocycles. The maximum absolute atomic E-state index is 3.59. The number of nitrogens with one attached hydrogen (secondary N) is 1. The lowest BCUT2D eigenvalue weighted by molar-refractivity contribution is 0.558. The van der Waals surface area contributed by atoms with Gasteiger partial charge in [-0.15, -0.1) is 0 Å². The average Bonchev–Trinajstić information content (AvgIpc) is 2.45. The molecule has 2 rings (SSSR count). The fourth-order valence-electron chi connectivity index (χ4n) is 2.13. The van der Waals surface area contributed by atoms with E-state index < -0.39 is 0 Å². The highest BCUT2D eigenvalue weighted by atomic mass is 127. The maximum atomic E-state index is 3.59. The van der Waals surface area contributed by atoms with Crippen molar-refractivity contribution >= 4 is 22.6 Å². The minimum Gasteiger partial charge on any atom is -0.310 e. The Balaban J connectivity index is 1.72. The van der Waals surface area contributed by atoms with Gasteiger partial charge < -0.3 is 5.32 Å². The molecule has 1 atom stereocenters. The van der Waals surface area contributed by atoms with Crippen molar-refractivity contribution in [2.24, 2.45) is 0 Å². The zero-order chi connectivity index (χ0) is 13.5. The van der Waals surface area contributed by atoms with Crippen molar-refractivity contribution < 1.29 is 0 Å². The number of hydrogen-bond acceptors (Lipinski definition) is 1. The van der Waals surface area contributed by atoms with E-state index in [-0.39, 0.29) is 0 Å². The summed E-state index contributed by atoms with van der Waals surface area (Å²) in [5, 5.41) is 3.59. The molecule has 0 radical (unpaired) electrons.